The lowest BCUT2D eigenvalue weighted by Crippen LogP contribution is -2.30. The smallest absolute Gasteiger partial charge is 0.226 e. The standard InChI is InChI=1S/C20H23NO2/c1-23-19-9-5-8-17(15-19)14-18-11-13-21(20(18)22)12-10-16-6-3-2-4-7-16/h2-9,15,18H,10-14H2,1H3. The van der Waals surface area contributed by atoms with Crippen LogP contribution in [0, 0.1) is 5.92 Å². The molecule has 23 heavy (non-hydrogen) atoms. The molecule has 1 heterocycles. The molecule has 120 valence electrons. The second-order valence-electron chi connectivity index (χ2n) is 6.10. The zero-order chi connectivity index (χ0) is 16.1. The number of rotatable bonds is 6. The quantitative estimate of drug-likeness (QED) is 0.819. The number of hydrogen-bond donors (Lipinski definition) is 0. The van der Waals surface area contributed by atoms with Crippen LogP contribution in [-0.2, 0) is 17.6 Å². The largest absolute Gasteiger partial charge is 0.497 e. The maximum absolute atomic E-state index is 12.6. The number of amides is 1. The molecule has 1 aliphatic heterocycles. The summed E-state index contributed by atoms with van der Waals surface area (Å²) in [6.07, 6.45) is 2.68. The van der Waals surface area contributed by atoms with E-state index in [9.17, 15) is 4.79 Å². The van der Waals surface area contributed by atoms with Crippen LogP contribution in [0.1, 0.15) is 17.5 Å². The van der Waals surface area contributed by atoms with Crippen molar-refractivity contribution in [1.82, 2.24) is 4.90 Å². The van der Waals surface area contributed by atoms with Gasteiger partial charge < -0.3 is 9.64 Å². The molecular weight excluding hydrogens is 286 g/mol. The number of likely N-dealkylation sites (tertiary alicyclic amines) is 1. The molecule has 1 atom stereocenters. The van der Waals surface area contributed by atoms with E-state index in [2.05, 4.69) is 18.2 Å². The van der Waals surface area contributed by atoms with Gasteiger partial charge in [-0.25, -0.2) is 0 Å². The average molecular weight is 309 g/mol. The predicted molar refractivity (Wildman–Crippen MR) is 91.5 cm³/mol. The van der Waals surface area contributed by atoms with Crippen LogP contribution < -0.4 is 4.74 Å². The summed E-state index contributed by atoms with van der Waals surface area (Å²) in [5, 5.41) is 0. The average Bonchev–Trinajstić information content (AvgIpc) is 2.94. The molecule has 0 spiro atoms. The Balaban J connectivity index is 1.56. The summed E-state index contributed by atoms with van der Waals surface area (Å²) < 4.78 is 5.26. The summed E-state index contributed by atoms with van der Waals surface area (Å²) in [7, 11) is 1.67. The fourth-order valence-corrected chi connectivity index (χ4v) is 3.21. The van der Waals surface area contributed by atoms with Crippen LogP contribution in [0.5, 0.6) is 5.75 Å². The Morgan fingerprint density at radius 2 is 1.87 bits per heavy atom. The summed E-state index contributed by atoms with van der Waals surface area (Å²) in [5.41, 5.74) is 2.46. The second kappa shape index (κ2) is 7.32. The lowest BCUT2D eigenvalue weighted by atomic mass is 9.98. The van der Waals surface area contributed by atoms with Gasteiger partial charge in [-0.2, -0.15) is 0 Å². The van der Waals surface area contributed by atoms with Crippen molar-refractivity contribution in [3.63, 3.8) is 0 Å². The van der Waals surface area contributed by atoms with Gasteiger partial charge in [-0.3, -0.25) is 4.79 Å². The van der Waals surface area contributed by atoms with E-state index in [0.29, 0.717) is 5.91 Å². The molecule has 3 nitrogen and oxygen atoms in total. The monoisotopic (exact) mass is 309 g/mol. The Bertz CT molecular complexity index is 654. The van der Waals surface area contributed by atoms with E-state index >= 15 is 0 Å². The molecule has 0 bridgehead atoms. The lowest BCUT2D eigenvalue weighted by molar-refractivity contribution is -0.130. The maximum atomic E-state index is 12.6. The van der Waals surface area contributed by atoms with Gasteiger partial charge in [0.15, 0.2) is 0 Å². The van der Waals surface area contributed by atoms with Gasteiger partial charge in [-0.15, -0.1) is 0 Å². The van der Waals surface area contributed by atoms with E-state index in [1.165, 1.54) is 11.1 Å². The lowest BCUT2D eigenvalue weighted by Gasteiger charge is -2.17. The van der Waals surface area contributed by atoms with E-state index in [4.69, 9.17) is 4.74 Å². The van der Waals surface area contributed by atoms with Crippen LogP contribution in [0.25, 0.3) is 0 Å². The number of benzene rings is 2. The number of hydrogen-bond acceptors (Lipinski definition) is 2. The highest BCUT2D eigenvalue weighted by atomic mass is 16.5. The zero-order valence-electron chi connectivity index (χ0n) is 13.6. The van der Waals surface area contributed by atoms with Crippen LogP contribution in [0.2, 0.25) is 0 Å². The minimum atomic E-state index is 0.109. The van der Waals surface area contributed by atoms with Gasteiger partial charge in [0, 0.05) is 19.0 Å². The summed E-state index contributed by atoms with van der Waals surface area (Å²) >= 11 is 0. The molecule has 3 heteroatoms. The van der Waals surface area contributed by atoms with Gasteiger partial charge in [0.1, 0.15) is 5.75 Å². The van der Waals surface area contributed by atoms with Crippen molar-refractivity contribution in [2.75, 3.05) is 20.2 Å². The van der Waals surface area contributed by atoms with E-state index in [0.717, 1.165) is 38.1 Å². The molecule has 1 aliphatic rings. The van der Waals surface area contributed by atoms with Gasteiger partial charge in [-0.1, -0.05) is 42.5 Å². The Labute approximate surface area is 137 Å². The highest BCUT2D eigenvalue weighted by molar-refractivity contribution is 5.81. The third-order valence-corrected chi connectivity index (χ3v) is 4.54. The molecule has 3 rings (SSSR count). The third-order valence-electron chi connectivity index (χ3n) is 4.54. The molecule has 1 saturated heterocycles. The number of carbonyl (C=O) groups excluding carboxylic acids is 1. The topological polar surface area (TPSA) is 29.5 Å². The molecule has 1 amide bonds. The van der Waals surface area contributed by atoms with Gasteiger partial charge in [-0.05, 0) is 42.5 Å². The van der Waals surface area contributed by atoms with Crippen molar-refractivity contribution in [2.24, 2.45) is 5.92 Å². The summed E-state index contributed by atoms with van der Waals surface area (Å²) in [6.45, 7) is 1.69. The molecule has 2 aromatic carbocycles. The Morgan fingerprint density at radius 1 is 1.09 bits per heavy atom. The Kier molecular flexibility index (Phi) is 4.96. The van der Waals surface area contributed by atoms with Crippen molar-refractivity contribution in [1.29, 1.82) is 0 Å². The highest BCUT2D eigenvalue weighted by Gasteiger charge is 2.31. The molecule has 0 radical (unpaired) electrons. The van der Waals surface area contributed by atoms with Gasteiger partial charge >= 0.3 is 0 Å². The molecule has 1 fully saturated rings. The van der Waals surface area contributed by atoms with Crippen molar-refractivity contribution in [2.45, 2.75) is 19.3 Å². The number of nitrogens with zero attached hydrogens (tertiary/aromatic N) is 1. The minimum absolute atomic E-state index is 0.109. The van der Waals surface area contributed by atoms with Gasteiger partial charge in [0.25, 0.3) is 0 Å². The van der Waals surface area contributed by atoms with E-state index in [1.807, 2.05) is 41.3 Å². The molecule has 0 aromatic heterocycles. The molecule has 0 aliphatic carbocycles. The first-order valence-corrected chi connectivity index (χ1v) is 8.22. The summed E-state index contributed by atoms with van der Waals surface area (Å²) in [5.74, 6) is 1.26. The fourth-order valence-electron chi connectivity index (χ4n) is 3.21. The maximum Gasteiger partial charge on any atom is 0.226 e. The van der Waals surface area contributed by atoms with Crippen LogP contribution >= 0.6 is 0 Å². The molecular formula is C20H23NO2. The fraction of sp³-hybridized carbons (Fsp3) is 0.350. The molecule has 0 saturated carbocycles. The number of carbonyl (C=O) groups is 1. The Morgan fingerprint density at radius 3 is 2.65 bits per heavy atom. The minimum Gasteiger partial charge on any atom is -0.497 e. The van der Waals surface area contributed by atoms with E-state index in [1.54, 1.807) is 7.11 Å². The molecule has 2 aromatic rings. The van der Waals surface area contributed by atoms with Crippen LogP contribution in [0.4, 0.5) is 0 Å². The summed E-state index contributed by atoms with van der Waals surface area (Å²) in [4.78, 5) is 14.6. The van der Waals surface area contributed by atoms with E-state index < -0.39 is 0 Å². The number of methoxy groups -OCH3 is 1. The predicted octanol–water partition coefficient (Wildman–Crippen LogP) is 3.33. The van der Waals surface area contributed by atoms with Crippen molar-refractivity contribution in [3.05, 3.63) is 65.7 Å². The summed E-state index contributed by atoms with van der Waals surface area (Å²) in [6, 6.07) is 18.4. The van der Waals surface area contributed by atoms with E-state index in [-0.39, 0.29) is 5.92 Å². The Hall–Kier alpha value is -2.29. The first-order valence-electron chi connectivity index (χ1n) is 8.22. The second-order valence-corrected chi connectivity index (χ2v) is 6.10. The molecule has 1 unspecified atom stereocenters. The van der Waals surface area contributed by atoms with Crippen LogP contribution in [-0.4, -0.2) is 31.0 Å². The molecule has 0 N–H and O–H groups in total. The van der Waals surface area contributed by atoms with Gasteiger partial charge in [0.2, 0.25) is 5.91 Å². The van der Waals surface area contributed by atoms with Crippen LogP contribution in [0.3, 0.4) is 0 Å². The SMILES string of the molecule is COc1cccc(CC2CCN(CCc3ccccc3)C2=O)c1. The highest BCUT2D eigenvalue weighted by Crippen LogP contribution is 2.24. The zero-order valence-corrected chi connectivity index (χ0v) is 13.6. The van der Waals surface area contributed by atoms with Crippen molar-refractivity contribution in [3.8, 4) is 5.75 Å². The normalized spacial score (nSPS) is 17.5. The van der Waals surface area contributed by atoms with Crippen molar-refractivity contribution < 1.29 is 9.53 Å². The number of ether oxygens (including phenoxy) is 1. The van der Waals surface area contributed by atoms with Crippen molar-refractivity contribution >= 4 is 5.91 Å². The van der Waals surface area contributed by atoms with Crippen LogP contribution in [0.15, 0.2) is 54.6 Å². The first kappa shape index (κ1) is 15.6. The first-order chi connectivity index (χ1) is 11.3. The van der Waals surface area contributed by atoms with Gasteiger partial charge in [0.05, 0.1) is 7.11 Å². The third kappa shape index (κ3) is 3.92.